The van der Waals surface area contributed by atoms with Crippen molar-refractivity contribution in [1.29, 1.82) is 0 Å². The standard InChI is InChI=1S/C12H16N2/c1-3-9(2)14-8-10-6-4-5-7-11(10)12(14)13/h4-7,9,13H,3,8H2,1-2H3/p+1/t9-/m0/s1. The Morgan fingerprint density at radius 1 is 1.43 bits per heavy atom. The molecule has 2 nitrogen and oxygen atoms in total. The Kier molecular flexibility index (Phi) is 2.28. The zero-order valence-electron chi connectivity index (χ0n) is 8.83. The average Bonchev–Trinajstić information content (AvgIpc) is 2.56. The van der Waals surface area contributed by atoms with Gasteiger partial charge in [0.1, 0.15) is 6.54 Å². The molecule has 1 aliphatic heterocycles. The quantitative estimate of drug-likeness (QED) is 0.705. The van der Waals surface area contributed by atoms with Gasteiger partial charge in [-0.15, -0.1) is 0 Å². The monoisotopic (exact) mass is 189 g/mol. The third kappa shape index (κ3) is 1.31. The number of hydrogen-bond donors (Lipinski definition) is 1. The minimum Gasteiger partial charge on any atom is -0.287 e. The molecule has 0 aliphatic carbocycles. The van der Waals surface area contributed by atoms with E-state index < -0.39 is 0 Å². The summed E-state index contributed by atoms with van der Waals surface area (Å²) in [6.07, 6.45) is 1.13. The maximum absolute atomic E-state index is 6.11. The Labute approximate surface area is 85.1 Å². The molecule has 0 saturated heterocycles. The number of hydrogen-bond acceptors (Lipinski definition) is 1. The van der Waals surface area contributed by atoms with E-state index in [1.54, 1.807) is 0 Å². The van der Waals surface area contributed by atoms with E-state index in [-0.39, 0.29) is 0 Å². The summed E-state index contributed by atoms with van der Waals surface area (Å²) in [7, 11) is 0. The number of nitrogens with two attached hydrogens (primary N) is 1. The molecular formula is C12H17N2+. The van der Waals surface area contributed by atoms with Crippen LogP contribution >= 0.6 is 0 Å². The van der Waals surface area contributed by atoms with Crippen LogP contribution in [-0.4, -0.2) is 16.5 Å². The molecule has 74 valence electrons. The van der Waals surface area contributed by atoms with Crippen molar-refractivity contribution in [2.45, 2.75) is 32.9 Å². The van der Waals surface area contributed by atoms with E-state index in [0.29, 0.717) is 6.04 Å². The predicted octanol–water partition coefficient (Wildman–Crippen LogP) is 1.72. The maximum Gasteiger partial charge on any atom is 0.275 e. The summed E-state index contributed by atoms with van der Waals surface area (Å²) in [5.74, 6) is 0.940. The van der Waals surface area contributed by atoms with Gasteiger partial charge in [0, 0.05) is 5.56 Å². The molecule has 1 atom stereocenters. The molecule has 0 radical (unpaired) electrons. The van der Waals surface area contributed by atoms with Gasteiger partial charge in [-0.3, -0.25) is 10.3 Å². The summed E-state index contributed by atoms with van der Waals surface area (Å²) in [6, 6.07) is 8.91. The number of nitrogens with zero attached hydrogens (tertiary/aromatic N) is 1. The summed E-state index contributed by atoms with van der Waals surface area (Å²) in [5, 5.41) is 0. The fraction of sp³-hybridized carbons (Fsp3) is 0.417. The van der Waals surface area contributed by atoms with E-state index in [2.05, 4.69) is 36.6 Å². The van der Waals surface area contributed by atoms with Gasteiger partial charge in [0.25, 0.3) is 5.84 Å². The molecule has 2 rings (SSSR count). The molecule has 14 heavy (non-hydrogen) atoms. The second-order valence-electron chi connectivity index (χ2n) is 3.93. The third-order valence-electron chi connectivity index (χ3n) is 3.07. The maximum atomic E-state index is 6.11. The van der Waals surface area contributed by atoms with Crippen molar-refractivity contribution in [2.24, 2.45) is 5.73 Å². The van der Waals surface area contributed by atoms with Gasteiger partial charge >= 0.3 is 0 Å². The highest BCUT2D eigenvalue weighted by Gasteiger charge is 2.26. The highest BCUT2D eigenvalue weighted by atomic mass is 15.1. The summed E-state index contributed by atoms with van der Waals surface area (Å²) in [4.78, 5) is 0. The second-order valence-corrected chi connectivity index (χ2v) is 3.93. The minimum atomic E-state index is 0.530. The lowest BCUT2D eigenvalue weighted by molar-refractivity contribution is -0.574. The third-order valence-corrected chi connectivity index (χ3v) is 3.07. The van der Waals surface area contributed by atoms with Gasteiger partial charge in [-0.1, -0.05) is 25.1 Å². The van der Waals surface area contributed by atoms with Crippen LogP contribution in [0.3, 0.4) is 0 Å². The van der Waals surface area contributed by atoms with Crippen LogP contribution in [0.15, 0.2) is 24.3 Å². The van der Waals surface area contributed by atoms with Crippen LogP contribution in [0.4, 0.5) is 0 Å². The Bertz CT molecular complexity index is 380. The van der Waals surface area contributed by atoms with Gasteiger partial charge in [0.2, 0.25) is 0 Å². The average molecular weight is 189 g/mol. The Balaban J connectivity index is 2.39. The largest absolute Gasteiger partial charge is 0.287 e. The van der Waals surface area contributed by atoms with Gasteiger partial charge in [0.15, 0.2) is 0 Å². The number of rotatable bonds is 2. The van der Waals surface area contributed by atoms with E-state index in [0.717, 1.165) is 18.8 Å². The highest BCUT2D eigenvalue weighted by molar-refractivity contribution is 5.96. The lowest BCUT2D eigenvalue weighted by atomic mass is 10.1. The molecule has 0 unspecified atom stereocenters. The Morgan fingerprint density at radius 3 is 2.79 bits per heavy atom. The van der Waals surface area contributed by atoms with Crippen molar-refractivity contribution < 1.29 is 4.58 Å². The van der Waals surface area contributed by atoms with Crippen LogP contribution in [-0.2, 0) is 6.54 Å². The zero-order valence-corrected chi connectivity index (χ0v) is 8.83. The van der Waals surface area contributed by atoms with Crippen molar-refractivity contribution >= 4 is 5.84 Å². The number of fused-ring (bicyclic) bond motifs is 1. The fourth-order valence-electron chi connectivity index (χ4n) is 1.95. The van der Waals surface area contributed by atoms with Gasteiger partial charge in [0.05, 0.1) is 11.6 Å². The second kappa shape index (κ2) is 3.45. The number of amidine groups is 1. The van der Waals surface area contributed by atoms with Crippen molar-refractivity contribution in [1.82, 2.24) is 0 Å². The molecule has 0 bridgehead atoms. The number of benzene rings is 1. The molecule has 1 aliphatic rings. The topological polar surface area (TPSA) is 29.0 Å². The van der Waals surface area contributed by atoms with Gasteiger partial charge in [-0.05, 0) is 19.4 Å². The van der Waals surface area contributed by atoms with Gasteiger partial charge in [-0.2, -0.15) is 0 Å². The lowest BCUT2D eigenvalue weighted by Crippen LogP contribution is -2.29. The van der Waals surface area contributed by atoms with Crippen molar-refractivity contribution in [3.63, 3.8) is 0 Å². The van der Waals surface area contributed by atoms with Crippen molar-refractivity contribution in [2.75, 3.05) is 0 Å². The fourth-order valence-corrected chi connectivity index (χ4v) is 1.95. The zero-order chi connectivity index (χ0) is 10.1. The van der Waals surface area contributed by atoms with Crippen LogP contribution in [0.25, 0.3) is 0 Å². The van der Waals surface area contributed by atoms with Crippen LogP contribution in [0.2, 0.25) is 0 Å². The van der Waals surface area contributed by atoms with E-state index >= 15 is 0 Å². The normalized spacial score (nSPS) is 17.0. The highest BCUT2D eigenvalue weighted by Crippen LogP contribution is 2.18. The summed E-state index contributed by atoms with van der Waals surface area (Å²) in [6.45, 7) is 5.39. The molecule has 2 N–H and O–H groups in total. The van der Waals surface area contributed by atoms with E-state index in [4.69, 9.17) is 5.73 Å². The van der Waals surface area contributed by atoms with Crippen LogP contribution in [0.5, 0.6) is 0 Å². The van der Waals surface area contributed by atoms with E-state index in [1.165, 1.54) is 11.1 Å². The molecule has 0 aromatic heterocycles. The van der Waals surface area contributed by atoms with Crippen LogP contribution in [0.1, 0.15) is 31.4 Å². The lowest BCUT2D eigenvalue weighted by Gasteiger charge is -2.09. The molecule has 0 spiro atoms. The molecule has 1 aromatic rings. The molecule has 0 saturated carbocycles. The van der Waals surface area contributed by atoms with Crippen LogP contribution < -0.4 is 5.73 Å². The van der Waals surface area contributed by atoms with Gasteiger partial charge in [-0.25, -0.2) is 0 Å². The molecule has 2 heteroatoms. The molecule has 1 heterocycles. The first-order valence-electron chi connectivity index (χ1n) is 5.21. The summed E-state index contributed by atoms with van der Waals surface area (Å²) in [5.41, 5.74) is 8.68. The Morgan fingerprint density at radius 2 is 2.14 bits per heavy atom. The van der Waals surface area contributed by atoms with E-state index in [9.17, 15) is 0 Å². The Hall–Kier alpha value is -1.31. The first kappa shape index (κ1) is 9.25. The molecule has 0 amide bonds. The van der Waals surface area contributed by atoms with Gasteiger partial charge < -0.3 is 0 Å². The summed E-state index contributed by atoms with van der Waals surface area (Å²) >= 11 is 0. The predicted molar refractivity (Wildman–Crippen MR) is 58.5 cm³/mol. The van der Waals surface area contributed by atoms with Crippen LogP contribution in [0, 0.1) is 0 Å². The first-order chi connectivity index (χ1) is 6.74. The first-order valence-corrected chi connectivity index (χ1v) is 5.21. The smallest absolute Gasteiger partial charge is 0.275 e. The van der Waals surface area contributed by atoms with E-state index in [1.807, 2.05) is 6.07 Å². The molecule has 1 aromatic carbocycles. The molecular weight excluding hydrogens is 172 g/mol. The molecule has 0 fully saturated rings. The van der Waals surface area contributed by atoms with Crippen molar-refractivity contribution in [3.05, 3.63) is 35.4 Å². The summed E-state index contributed by atoms with van der Waals surface area (Å²) < 4.78 is 2.28. The minimum absolute atomic E-state index is 0.530. The SMILES string of the molecule is CC[C@H](C)[N+]1=C(N)c2ccccc2C1. The van der Waals surface area contributed by atoms with Crippen molar-refractivity contribution in [3.8, 4) is 0 Å².